The minimum absolute atomic E-state index is 0.275. The van der Waals surface area contributed by atoms with Gasteiger partial charge in [-0.15, -0.1) is 0 Å². The summed E-state index contributed by atoms with van der Waals surface area (Å²) in [4.78, 5) is 11.9. The summed E-state index contributed by atoms with van der Waals surface area (Å²) in [7, 11) is 0. The van der Waals surface area contributed by atoms with Crippen molar-refractivity contribution in [1.82, 2.24) is 0 Å². The van der Waals surface area contributed by atoms with E-state index in [1.807, 2.05) is 49.4 Å². The molecule has 0 bridgehead atoms. The number of carbonyl (C=O) groups is 1. The lowest BCUT2D eigenvalue weighted by Gasteiger charge is -2.14. The number of benzene rings is 2. The summed E-state index contributed by atoms with van der Waals surface area (Å²) >= 11 is 0. The zero-order chi connectivity index (χ0) is 15.9. The molecule has 116 valence electrons. The van der Waals surface area contributed by atoms with E-state index in [1.165, 1.54) is 11.1 Å². The molecule has 2 aromatic rings. The largest absolute Gasteiger partial charge is 0.459 e. The molecule has 0 N–H and O–H groups in total. The predicted molar refractivity (Wildman–Crippen MR) is 86.4 cm³/mol. The Labute approximate surface area is 131 Å². The third kappa shape index (κ3) is 4.71. The van der Waals surface area contributed by atoms with E-state index in [2.05, 4.69) is 13.0 Å². The molecule has 0 aliphatic carbocycles. The Kier molecular flexibility index (Phi) is 5.73. The van der Waals surface area contributed by atoms with Gasteiger partial charge in [0.05, 0.1) is 6.61 Å². The van der Waals surface area contributed by atoms with Crippen LogP contribution in [0.5, 0.6) is 0 Å². The van der Waals surface area contributed by atoms with Gasteiger partial charge in [-0.3, -0.25) is 0 Å². The Morgan fingerprint density at radius 2 is 1.77 bits per heavy atom. The maximum atomic E-state index is 11.9. The van der Waals surface area contributed by atoms with E-state index in [9.17, 15) is 4.79 Å². The standard InChI is InChI=1S/C19H22O3/c1-14-9-10-18(15(2)11-14)13-21-16(3)19(20)22-12-17-7-5-4-6-8-17/h4-11,16H,12-13H2,1-3H3. The van der Waals surface area contributed by atoms with Crippen LogP contribution in [-0.2, 0) is 27.5 Å². The van der Waals surface area contributed by atoms with Crippen molar-refractivity contribution < 1.29 is 14.3 Å². The van der Waals surface area contributed by atoms with Crippen LogP contribution in [0.4, 0.5) is 0 Å². The lowest BCUT2D eigenvalue weighted by atomic mass is 10.1. The van der Waals surface area contributed by atoms with Crippen molar-refractivity contribution in [2.24, 2.45) is 0 Å². The van der Waals surface area contributed by atoms with Crippen molar-refractivity contribution in [3.8, 4) is 0 Å². The fraction of sp³-hybridized carbons (Fsp3) is 0.316. The molecule has 0 saturated carbocycles. The first-order chi connectivity index (χ1) is 10.6. The Morgan fingerprint density at radius 1 is 1.05 bits per heavy atom. The van der Waals surface area contributed by atoms with Crippen LogP contribution in [0.1, 0.15) is 29.2 Å². The van der Waals surface area contributed by atoms with Gasteiger partial charge in [-0.25, -0.2) is 4.79 Å². The molecule has 0 aromatic heterocycles. The highest BCUT2D eigenvalue weighted by Gasteiger charge is 2.15. The van der Waals surface area contributed by atoms with E-state index in [4.69, 9.17) is 9.47 Å². The molecule has 0 saturated heterocycles. The zero-order valence-electron chi connectivity index (χ0n) is 13.3. The molecule has 2 aromatic carbocycles. The van der Waals surface area contributed by atoms with Crippen LogP contribution < -0.4 is 0 Å². The highest BCUT2D eigenvalue weighted by Crippen LogP contribution is 2.13. The molecule has 0 spiro atoms. The Balaban J connectivity index is 1.81. The predicted octanol–water partition coefficient (Wildman–Crippen LogP) is 3.95. The highest BCUT2D eigenvalue weighted by atomic mass is 16.6. The summed E-state index contributed by atoms with van der Waals surface area (Å²) in [6.45, 7) is 6.51. The maximum Gasteiger partial charge on any atom is 0.335 e. The van der Waals surface area contributed by atoms with Gasteiger partial charge in [-0.2, -0.15) is 0 Å². The van der Waals surface area contributed by atoms with E-state index in [1.54, 1.807) is 6.92 Å². The molecule has 1 atom stereocenters. The molecular weight excluding hydrogens is 276 g/mol. The van der Waals surface area contributed by atoms with E-state index >= 15 is 0 Å². The molecular formula is C19H22O3. The van der Waals surface area contributed by atoms with Gasteiger partial charge in [-0.05, 0) is 37.5 Å². The Bertz CT molecular complexity index is 620. The average molecular weight is 298 g/mol. The van der Waals surface area contributed by atoms with Crippen LogP contribution in [0, 0.1) is 13.8 Å². The van der Waals surface area contributed by atoms with Crippen LogP contribution >= 0.6 is 0 Å². The van der Waals surface area contributed by atoms with Gasteiger partial charge in [0.2, 0.25) is 0 Å². The fourth-order valence-corrected chi connectivity index (χ4v) is 2.14. The van der Waals surface area contributed by atoms with Crippen molar-refractivity contribution in [3.63, 3.8) is 0 Å². The molecule has 22 heavy (non-hydrogen) atoms. The number of hydrogen-bond acceptors (Lipinski definition) is 3. The van der Waals surface area contributed by atoms with E-state index in [-0.39, 0.29) is 12.6 Å². The summed E-state index contributed by atoms with van der Waals surface area (Å²) < 4.78 is 10.9. The van der Waals surface area contributed by atoms with Gasteiger partial charge in [-0.1, -0.05) is 54.1 Å². The van der Waals surface area contributed by atoms with E-state index < -0.39 is 6.10 Å². The summed E-state index contributed by atoms with van der Waals surface area (Å²) in [5.41, 5.74) is 4.45. The number of rotatable bonds is 6. The molecule has 0 aliphatic rings. The van der Waals surface area contributed by atoms with Gasteiger partial charge >= 0.3 is 5.97 Å². The van der Waals surface area contributed by atoms with Crippen LogP contribution in [0.2, 0.25) is 0 Å². The van der Waals surface area contributed by atoms with Crippen LogP contribution in [0.3, 0.4) is 0 Å². The number of hydrogen-bond donors (Lipinski definition) is 0. The minimum Gasteiger partial charge on any atom is -0.459 e. The molecule has 0 radical (unpaired) electrons. The molecule has 0 amide bonds. The van der Waals surface area contributed by atoms with Crippen molar-refractivity contribution in [1.29, 1.82) is 0 Å². The van der Waals surface area contributed by atoms with Gasteiger partial charge in [0.15, 0.2) is 6.10 Å². The zero-order valence-corrected chi connectivity index (χ0v) is 13.3. The molecule has 3 nitrogen and oxygen atoms in total. The summed E-state index contributed by atoms with van der Waals surface area (Å²) in [5.74, 6) is -0.339. The van der Waals surface area contributed by atoms with Crippen molar-refractivity contribution >= 4 is 5.97 Å². The summed E-state index contributed by atoms with van der Waals surface area (Å²) in [6.07, 6.45) is -0.579. The van der Waals surface area contributed by atoms with Gasteiger partial charge in [0.1, 0.15) is 6.61 Å². The Hall–Kier alpha value is -2.13. The second kappa shape index (κ2) is 7.76. The molecule has 0 fully saturated rings. The van der Waals surface area contributed by atoms with Crippen LogP contribution in [-0.4, -0.2) is 12.1 Å². The van der Waals surface area contributed by atoms with E-state index in [0.29, 0.717) is 6.61 Å². The minimum atomic E-state index is -0.579. The number of aryl methyl sites for hydroxylation is 2. The molecule has 0 heterocycles. The first-order valence-electron chi connectivity index (χ1n) is 7.44. The number of carbonyl (C=O) groups excluding carboxylic acids is 1. The Morgan fingerprint density at radius 3 is 2.45 bits per heavy atom. The lowest BCUT2D eigenvalue weighted by molar-refractivity contribution is -0.158. The SMILES string of the molecule is Cc1ccc(COC(C)C(=O)OCc2ccccc2)c(C)c1. The average Bonchev–Trinajstić information content (AvgIpc) is 2.52. The fourth-order valence-electron chi connectivity index (χ4n) is 2.14. The highest BCUT2D eigenvalue weighted by molar-refractivity contribution is 5.74. The normalized spacial score (nSPS) is 12.0. The monoisotopic (exact) mass is 298 g/mol. The van der Waals surface area contributed by atoms with Gasteiger partial charge < -0.3 is 9.47 Å². The smallest absolute Gasteiger partial charge is 0.335 e. The van der Waals surface area contributed by atoms with Crippen molar-refractivity contribution in [2.45, 2.75) is 40.1 Å². The molecule has 2 rings (SSSR count). The number of ether oxygens (including phenoxy) is 2. The van der Waals surface area contributed by atoms with Gasteiger partial charge in [0.25, 0.3) is 0 Å². The second-order valence-corrected chi connectivity index (χ2v) is 5.48. The molecule has 0 aliphatic heterocycles. The summed E-state index contributed by atoms with van der Waals surface area (Å²) in [5, 5.41) is 0. The quantitative estimate of drug-likeness (QED) is 0.757. The van der Waals surface area contributed by atoms with E-state index in [0.717, 1.165) is 11.1 Å². The summed E-state index contributed by atoms with van der Waals surface area (Å²) in [6, 6.07) is 15.8. The van der Waals surface area contributed by atoms with Crippen molar-refractivity contribution in [2.75, 3.05) is 0 Å². The third-order valence-corrected chi connectivity index (χ3v) is 3.54. The van der Waals surface area contributed by atoms with Crippen LogP contribution in [0.25, 0.3) is 0 Å². The molecule has 3 heteroatoms. The maximum absolute atomic E-state index is 11.9. The topological polar surface area (TPSA) is 35.5 Å². The molecule has 1 unspecified atom stereocenters. The first kappa shape index (κ1) is 16.2. The lowest BCUT2D eigenvalue weighted by Crippen LogP contribution is -2.23. The first-order valence-corrected chi connectivity index (χ1v) is 7.44. The third-order valence-electron chi connectivity index (χ3n) is 3.54. The van der Waals surface area contributed by atoms with Gasteiger partial charge in [0, 0.05) is 0 Å². The number of esters is 1. The second-order valence-electron chi connectivity index (χ2n) is 5.48. The van der Waals surface area contributed by atoms with Crippen LogP contribution in [0.15, 0.2) is 48.5 Å². The van der Waals surface area contributed by atoms with Crippen molar-refractivity contribution in [3.05, 3.63) is 70.8 Å².